The lowest BCUT2D eigenvalue weighted by atomic mass is 10.4. The molecule has 0 atom stereocenters. The van der Waals surface area contributed by atoms with Gasteiger partial charge in [0.2, 0.25) is 0 Å². The fraction of sp³-hybridized carbons (Fsp3) is 0.462. The molecule has 0 spiro atoms. The molecule has 0 unspecified atom stereocenters. The maximum Gasteiger partial charge on any atom is 0.172 e. The first kappa shape index (κ1) is 14.1. The Hall–Kier alpha value is -1.27. The van der Waals surface area contributed by atoms with Crippen LogP contribution in [0.2, 0.25) is 0 Å². The Labute approximate surface area is 121 Å². The predicted molar refractivity (Wildman–Crippen MR) is 78.3 cm³/mol. The number of nitrogens with zero attached hydrogens (tertiary/aromatic N) is 4. The number of nitrogens with one attached hydrogen (secondary N) is 1. The molecule has 0 fully saturated rings. The third kappa shape index (κ3) is 3.19. The van der Waals surface area contributed by atoms with Crippen LogP contribution in [0.15, 0.2) is 16.9 Å². The summed E-state index contributed by atoms with van der Waals surface area (Å²) in [4.78, 5) is 8.83. The Morgan fingerprint density at radius 3 is 2.74 bits per heavy atom. The highest BCUT2D eigenvalue weighted by atomic mass is 79.9. The third-order valence-corrected chi connectivity index (χ3v) is 3.97. The second-order valence-corrected chi connectivity index (χ2v) is 5.23. The zero-order valence-corrected chi connectivity index (χ0v) is 13.0. The monoisotopic (exact) mass is 323 g/mol. The van der Waals surface area contributed by atoms with E-state index in [9.17, 15) is 0 Å². The minimum absolute atomic E-state index is 0.731. The van der Waals surface area contributed by atoms with Gasteiger partial charge < -0.3 is 5.32 Å². The topological polar surface area (TPSA) is 55.6 Å². The molecule has 0 aliphatic heterocycles. The van der Waals surface area contributed by atoms with E-state index in [1.54, 1.807) is 12.4 Å². The van der Waals surface area contributed by atoms with Crippen LogP contribution in [-0.2, 0) is 6.54 Å². The second-order valence-electron chi connectivity index (χ2n) is 4.44. The van der Waals surface area contributed by atoms with E-state index in [1.165, 1.54) is 0 Å². The van der Waals surface area contributed by atoms with Crippen molar-refractivity contribution in [2.45, 2.75) is 33.7 Å². The standard InChI is InChI=1S/C13H18BrN5/c1-4-5-15-6-11-7-16-8-12(17-11)19-10(3)13(14)9(2)18-19/h7-8,15H,4-6H2,1-3H3. The SMILES string of the molecule is CCCNCc1cncc(-n2nc(C)c(Br)c2C)n1. The van der Waals surface area contributed by atoms with Crippen LogP contribution in [0.3, 0.4) is 0 Å². The van der Waals surface area contributed by atoms with Crippen LogP contribution in [0.5, 0.6) is 0 Å². The Morgan fingerprint density at radius 1 is 1.32 bits per heavy atom. The van der Waals surface area contributed by atoms with E-state index in [1.807, 2.05) is 18.5 Å². The summed E-state index contributed by atoms with van der Waals surface area (Å²) in [5.74, 6) is 0.752. The highest BCUT2D eigenvalue weighted by Crippen LogP contribution is 2.21. The lowest BCUT2D eigenvalue weighted by molar-refractivity contribution is 0.657. The molecule has 0 bridgehead atoms. The van der Waals surface area contributed by atoms with Gasteiger partial charge in [-0.05, 0) is 42.7 Å². The lowest BCUT2D eigenvalue weighted by Crippen LogP contribution is -2.16. The smallest absolute Gasteiger partial charge is 0.172 e. The van der Waals surface area contributed by atoms with Crippen LogP contribution < -0.4 is 5.32 Å². The molecule has 2 rings (SSSR count). The summed E-state index contributed by atoms with van der Waals surface area (Å²) in [6, 6.07) is 0. The maximum atomic E-state index is 4.58. The molecule has 0 aromatic carbocycles. The molecule has 0 aliphatic rings. The molecule has 19 heavy (non-hydrogen) atoms. The van der Waals surface area contributed by atoms with Crippen molar-refractivity contribution in [1.82, 2.24) is 25.1 Å². The summed E-state index contributed by atoms with van der Waals surface area (Å²) >= 11 is 3.52. The van der Waals surface area contributed by atoms with Gasteiger partial charge >= 0.3 is 0 Å². The van der Waals surface area contributed by atoms with E-state index in [4.69, 9.17) is 0 Å². The lowest BCUT2D eigenvalue weighted by Gasteiger charge is -2.06. The van der Waals surface area contributed by atoms with Crippen LogP contribution in [0, 0.1) is 13.8 Å². The number of aryl methyl sites for hydroxylation is 1. The van der Waals surface area contributed by atoms with Crippen molar-refractivity contribution >= 4 is 15.9 Å². The fourth-order valence-electron chi connectivity index (χ4n) is 1.82. The fourth-order valence-corrected chi connectivity index (χ4v) is 2.07. The molecule has 0 saturated carbocycles. The molecule has 2 aromatic heterocycles. The first-order valence-electron chi connectivity index (χ1n) is 6.37. The Kier molecular flexibility index (Phi) is 4.66. The first-order valence-corrected chi connectivity index (χ1v) is 7.16. The molecule has 0 aliphatic carbocycles. The minimum Gasteiger partial charge on any atom is -0.311 e. The van der Waals surface area contributed by atoms with Crippen molar-refractivity contribution in [2.24, 2.45) is 0 Å². The highest BCUT2D eigenvalue weighted by molar-refractivity contribution is 9.10. The van der Waals surface area contributed by atoms with E-state index < -0.39 is 0 Å². The summed E-state index contributed by atoms with van der Waals surface area (Å²) in [6.45, 7) is 7.83. The van der Waals surface area contributed by atoms with Gasteiger partial charge in [-0.15, -0.1) is 0 Å². The van der Waals surface area contributed by atoms with E-state index in [-0.39, 0.29) is 0 Å². The number of hydrogen-bond donors (Lipinski definition) is 1. The minimum atomic E-state index is 0.731. The molecule has 102 valence electrons. The predicted octanol–water partition coefficient (Wildman–Crippen LogP) is 2.54. The Morgan fingerprint density at radius 2 is 2.11 bits per heavy atom. The summed E-state index contributed by atoms with van der Waals surface area (Å²) in [7, 11) is 0. The summed E-state index contributed by atoms with van der Waals surface area (Å²) < 4.78 is 2.83. The number of halogens is 1. The molecule has 0 amide bonds. The van der Waals surface area contributed by atoms with Gasteiger partial charge in [0.25, 0.3) is 0 Å². The summed E-state index contributed by atoms with van der Waals surface area (Å²) in [6.07, 6.45) is 4.62. The van der Waals surface area contributed by atoms with Gasteiger partial charge in [0.15, 0.2) is 5.82 Å². The largest absolute Gasteiger partial charge is 0.311 e. The van der Waals surface area contributed by atoms with Crippen molar-refractivity contribution in [1.29, 1.82) is 0 Å². The van der Waals surface area contributed by atoms with Gasteiger partial charge in [-0.2, -0.15) is 5.10 Å². The second kappa shape index (κ2) is 6.25. The normalized spacial score (nSPS) is 10.9. The van der Waals surface area contributed by atoms with Crippen molar-refractivity contribution in [3.8, 4) is 5.82 Å². The quantitative estimate of drug-likeness (QED) is 0.859. The van der Waals surface area contributed by atoms with Gasteiger partial charge in [-0.1, -0.05) is 6.92 Å². The molecule has 2 aromatic rings. The zero-order chi connectivity index (χ0) is 13.8. The van der Waals surface area contributed by atoms with Crippen LogP contribution >= 0.6 is 15.9 Å². The van der Waals surface area contributed by atoms with Gasteiger partial charge in [-0.3, -0.25) is 4.98 Å². The molecular weight excluding hydrogens is 306 g/mol. The van der Waals surface area contributed by atoms with E-state index >= 15 is 0 Å². The molecule has 2 heterocycles. The van der Waals surface area contributed by atoms with Gasteiger partial charge in [0.05, 0.1) is 27.8 Å². The summed E-state index contributed by atoms with van der Waals surface area (Å²) in [5.41, 5.74) is 2.91. The van der Waals surface area contributed by atoms with Gasteiger partial charge in [0.1, 0.15) is 0 Å². The Bertz CT molecular complexity index is 564. The van der Waals surface area contributed by atoms with Crippen molar-refractivity contribution < 1.29 is 0 Å². The number of aromatic nitrogens is 4. The van der Waals surface area contributed by atoms with Crippen LogP contribution in [0.1, 0.15) is 30.4 Å². The maximum absolute atomic E-state index is 4.58. The summed E-state index contributed by atoms with van der Waals surface area (Å²) in [5, 5.41) is 7.78. The van der Waals surface area contributed by atoms with E-state index in [2.05, 4.69) is 43.2 Å². The molecule has 0 radical (unpaired) electrons. The van der Waals surface area contributed by atoms with Crippen molar-refractivity contribution in [3.05, 3.63) is 33.9 Å². The van der Waals surface area contributed by atoms with Crippen LogP contribution in [0.4, 0.5) is 0 Å². The van der Waals surface area contributed by atoms with Crippen molar-refractivity contribution in [2.75, 3.05) is 6.54 Å². The number of hydrogen-bond acceptors (Lipinski definition) is 4. The number of rotatable bonds is 5. The van der Waals surface area contributed by atoms with Crippen molar-refractivity contribution in [3.63, 3.8) is 0 Å². The third-order valence-electron chi connectivity index (χ3n) is 2.82. The first-order chi connectivity index (χ1) is 9.13. The molecular formula is C13H18BrN5. The highest BCUT2D eigenvalue weighted by Gasteiger charge is 2.11. The molecule has 5 nitrogen and oxygen atoms in total. The zero-order valence-electron chi connectivity index (χ0n) is 11.4. The molecule has 1 N–H and O–H groups in total. The average Bonchev–Trinajstić information content (AvgIpc) is 2.67. The van der Waals surface area contributed by atoms with Gasteiger partial charge in [0, 0.05) is 12.7 Å². The van der Waals surface area contributed by atoms with Crippen LogP contribution in [-0.4, -0.2) is 26.3 Å². The van der Waals surface area contributed by atoms with Crippen LogP contribution in [0.25, 0.3) is 5.82 Å². The molecule has 6 heteroatoms. The van der Waals surface area contributed by atoms with E-state index in [0.717, 1.165) is 46.9 Å². The molecule has 0 saturated heterocycles. The van der Waals surface area contributed by atoms with Gasteiger partial charge in [-0.25, -0.2) is 9.67 Å². The van der Waals surface area contributed by atoms with E-state index in [0.29, 0.717) is 0 Å². The average molecular weight is 324 g/mol. The Balaban J connectivity index is 2.25.